The van der Waals surface area contributed by atoms with Gasteiger partial charge in [-0.3, -0.25) is 0 Å². The number of ether oxygens (including phenoxy) is 2. The summed E-state index contributed by atoms with van der Waals surface area (Å²) in [7, 11) is 3.19. The summed E-state index contributed by atoms with van der Waals surface area (Å²) >= 11 is 0. The highest BCUT2D eigenvalue weighted by Gasteiger charge is 1.95. The van der Waals surface area contributed by atoms with Crippen molar-refractivity contribution in [1.82, 2.24) is 4.98 Å². The summed E-state index contributed by atoms with van der Waals surface area (Å²) in [6.45, 7) is 1.63. The normalized spacial score (nSPS) is 9.64. The molecule has 0 aliphatic rings. The third-order valence-electron chi connectivity index (χ3n) is 1.22. The summed E-state index contributed by atoms with van der Waals surface area (Å²) in [5.74, 6) is 0.593. The van der Waals surface area contributed by atoms with E-state index in [4.69, 9.17) is 9.47 Å². The van der Waals surface area contributed by atoms with Crippen LogP contribution in [0.3, 0.4) is 0 Å². The van der Waals surface area contributed by atoms with Crippen molar-refractivity contribution in [2.45, 2.75) is 0 Å². The zero-order chi connectivity index (χ0) is 8.10. The van der Waals surface area contributed by atoms with Crippen LogP contribution in [0, 0.1) is 6.61 Å². The van der Waals surface area contributed by atoms with Gasteiger partial charge in [-0.1, -0.05) is 0 Å². The molecule has 3 heteroatoms. The van der Waals surface area contributed by atoms with E-state index < -0.39 is 0 Å². The first-order chi connectivity index (χ1) is 5.36. The van der Waals surface area contributed by atoms with Gasteiger partial charge in [0.05, 0.1) is 7.11 Å². The largest absolute Gasteiger partial charge is 0.481 e. The number of hydrogen-bond donors (Lipinski definition) is 0. The van der Waals surface area contributed by atoms with E-state index in [-0.39, 0.29) is 0 Å². The molecule has 0 spiro atoms. The van der Waals surface area contributed by atoms with Gasteiger partial charge in [-0.05, 0) is 11.6 Å². The first-order valence-electron chi connectivity index (χ1n) is 3.23. The molecule has 0 aliphatic heterocycles. The summed E-state index contributed by atoms with van der Waals surface area (Å²) in [6, 6.07) is 3.63. The molecule has 0 aliphatic carbocycles. The van der Waals surface area contributed by atoms with E-state index in [1.165, 1.54) is 0 Å². The van der Waals surface area contributed by atoms with Gasteiger partial charge in [-0.15, -0.1) is 0 Å². The second kappa shape index (κ2) is 3.93. The minimum Gasteiger partial charge on any atom is -0.481 e. The third-order valence-corrected chi connectivity index (χ3v) is 1.22. The van der Waals surface area contributed by atoms with Gasteiger partial charge in [0.25, 0.3) is 0 Å². The third kappa shape index (κ3) is 2.20. The predicted molar refractivity (Wildman–Crippen MR) is 41.2 cm³/mol. The Balaban J connectivity index is 2.74. The molecule has 0 bridgehead atoms. The Morgan fingerprint density at radius 1 is 1.45 bits per heavy atom. The summed E-state index contributed by atoms with van der Waals surface area (Å²) in [5, 5.41) is 0. The Hall–Kier alpha value is -1.09. The quantitative estimate of drug-likeness (QED) is 0.653. The van der Waals surface area contributed by atoms with Gasteiger partial charge in [0.15, 0.2) is 0 Å². The van der Waals surface area contributed by atoms with Crippen molar-refractivity contribution in [3.8, 4) is 5.88 Å². The topological polar surface area (TPSA) is 31.4 Å². The highest BCUT2D eigenvalue weighted by atomic mass is 16.5. The van der Waals surface area contributed by atoms with E-state index in [9.17, 15) is 0 Å². The molecule has 0 amide bonds. The molecule has 1 radical (unpaired) electrons. The Kier molecular flexibility index (Phi) is 2.86. The molecule has 11 heavy (non-hydrogen) atoms. The Bertz CT molecular complexity index is 225. The Labute approximate surface area is 66.0 Å². The minimum atomic E-state index is 0.593. The smallest absolute Gasteiger partial charge is 0.213 e. The fourth-order valence-corrected chi connectivity index (χ4v) is 0.746. The Morgan fingerprint density at radius 3 is 2.91 bits per heavy atom. The highest BCUT2D eigenvalue weighted by molar-refractivity contribution is 5.24. The molecular formula is C8H10NO2. The molecule has 0 saturated carbocycles. The summed E-state index contributed by atoms with van der Waals surface area (Å²) in [5.41, 5.74) is 0.944. The lowest BCUT2D eigenvalue weighted by atomic mass is 10.3. The van der Waals surface area contributed by atoms with E-state index in [1.807, 2.05) is 6.07 Å². The fourth-order valence-electron chi connectivity index (χ4n) is 0.746. The van der Waals surface area contributed by atoms with E-state index in [0.717, 1.165) is 5.56 Å². The molecule has 0 saturated heterocycles. The molecular weight excluding hydrogens is 142 g/mol. The zero-order valence-corrected chi connectivity index (χ0v) is 6.57. The van der Waals surface area contributed by atoms with E-state index in [0.29, 0.717) is 5.88 Å². The molecule has 59 valence electrons. The maximum Gasteiger partial charge on any atom is 0.213 e. The molecule has 3 nitrogen and oxygen atoms in total. The first kappa shape index (κ1) is 8.01. The van der Waals surface area contributed by atoms with Crippen LogP contribution < -0.4 is 4.74 Å². The lowest BCUT2D eigenvalue weighted by Gasteiger charge is -2.00. The second-order valence-corrected chi connectivity index (χ2v) is 1.99. The van der Waals surface area contributed by atoms with Crippen LogP contribution >= 0.6 is 0 Å². The molecule has 1 aromatic rings. The van der Waals surface area contributed by atoms with Gasteiger partial charge in [-0.25, -0.2) is 4.98 Å². The number of nitrogens with zero attached hydrogens (tertiary/aromatic N) is 1. The maximum absolute atomic E-state index is 4.91. The second-order valence-electron chi connectivity index (χ2n) is 1.99. The van der Waals surface area contributed by atoms with Crippen LogP contribution in [0.4, 0.5) is 0 Å². The van der Waals surface area contributed by atoms with Gasteiger partial charge in [0.1, 0.15) is 6.61 Å². The number of methoxy groups -OCH3 is 2. The van der Waals surface area contributed by atoms with Gasteiger partial charge < -0.3 is 9.47 Å². The van der Waals surface area contributed by atoms with Gasteiger partial charge in [0, 0.05) is 19.4 Å². The lowest BCUT2D eigenvalue weighted by molar-refractivity contribution is 0.292. The summed E-state index contributed by atoms with van der Waals surface area (Å²) < 4.78 is 9.73. The first-order valence-corrected chi connectivity index (χ1v) is 3.23. The van der Waals surface area contributed by atoms with E-state index in [2.05, 4.69) is 4.98 Å². The van der Waals surface area contributed by atoms with Crippen LogP contribution in [-0.4, -0.2) is 19.2 Å². The molecule has 0 N–H and O–H groups in total. The average molecular weight is 152 g/mol. The molecule has 1 heterocycles. The molecule has 0 unspecified atom stereocenters. The van der Waals surface area contributed by atoms with Crippen LogP contribution in [-0.2, 0) is 4.74 Å². The maximum atomic E-state index is 4.91. The Morgan fingerprint density at radius 2 is 2.27 bits per heavy atom. The standard InChI is InChI=1S/C8H10NO2/c1-10-6-7-3-4-9-8(5-7)11-2/h3-6H,1-2H3. The van der Waals surface area contributed by atoms with Crippen molar-refractivity contribution in [1.29, 1.82) is 0 Å². The molecule has 1 aromatic heterocycles. The predicted octanol–water partition coefficient (Wildman–Crippen LogP) is 1.25. The van der Waals surface area contributed by atoms with Crippen molar-refractivity contribution in [2.75, 3.05) is 14.2 Å². The molecule has 1 rings (SSSR count). The number of pyridine rings is 1. The van der Waals surface area contributed by atoms with Gasteiger partial charge in [-0.2, -0.15) is 0 Å². The van der Waals surface area contributed by atoms with E-state index >= 15 is 0 Å². The van der Waals surface area contributed by atoms with Crippen LogP contribution in [0.1, 0.15) is 5.56 Å². The molecule has 0 fully saturated rings. The van der Waals surface area contributed by atoms with Crippen molar-refractivity contribution >= 4 is 0 Å². The number of aromatic nitrogens is 1. The summed E-state index contributed by atoms with van der Waals surface area (Å²) in [6.07, 6.45) is 1.67. The monoisotopic (exact) mass is 152 g/mol. The van der Waals surface area contributed by atoms with Crippen molar-refractivity contribution in [3.05, 3.63) is 30.5 Å². The van der Waals surface area contributed by atoms with Crippen LogP contribution in [0.2, 0.25) is 0 Å². The number of rotatable bonds is 3. The van der Waals surface area contributed by atoms with Crippen LogP contribution in [0.5, 0.6) is 5.88 Å². The van der Waals surface area contributed by atoms with Gasteiger partial charge >= 0.3 is 0 Å². The van der Waals surface area contributed by atoms with E-state index in [1.54, 1.807) is 33.1 Å². The van der Waals surface area contributed by atoms with Crippen LogP contribution in [0.25, 0.3) is 0 Å². The number of hydrogen-bond acceptors (Lipinski definition) is 3. The fraction of sp³-hybridized carbons (Fsp3) is 0.250. The zero-order valence-electron chi connectivity index (χ0n) is 6.57. The van der Waals surface area contributed by atoms with Crippen molar-refractivity contribution in [2.24, 2.45) is 0 Å². The van der Waals surface area contributed by atoms with Gasteiger partial charge in [0.2, 0.25) is 5.88 Å². The molecule has 0 aromatic carbocycles. The van der Waals surface area contributed by atoms with Crippen molar-refractivity contribution in [3.63, 3.8) is 0 Å². The van der Waals surface area contributed by atoms with Crippen LogP contribution in [0.15, 0.2) is 18.3 Å². The molecule has 0 atom stereocenters. The SMILES string of the molecule is CO[CH]c1ccnc(OC)c1. The average Bonchev–Trinajstić information content (AvgIpc) is 2.06. The minimum absolute atomic E-state index is 0.593. The summed E-state index contributed by atoms with van der Waals surface area (Å²) in [4.78, 5) is 3.94. The lowest BCUT2D eigenvalue weighted by Crippen LogP contribution is -1.89. The van der Waals surface area contributed by atoms with Crippen molar-refractivity contribution < 1.29 is 9.47 Å². The highest BCUT2D eigenvalue weighted by Crippen LogP contribution is 2.09.